The summed E-state index contributed by atoms with van der Waals surface area (Å²) in [5.41, 5.74) is 14.1. The Labute approximate surface area is 236 Å². The smallest absolute Gasteiger partial charge is 0.00107 e. The maximum atomic E-state index is 2.50. The van der Waals surface area contributed by atoms with E-state index in [4.69, 9.17) is 0 Å². The molecule has 0 unspecified atom stereocenters. The highest BCUT2D eigenvalue weighted by atomic mass is 14.2. The number of hydrogen-bond donors (Lipinski definition) is 0. The van der Waals surface area contributed by atoms with E-state index in [1.165, 1.54) is 77.2 Å². The molecule has 0 fully saturated rings. The summed E-state index contributed by atoms with van der Waals surface area (Å²) < 4.78 is 0. The van der Waals surface area contributed by atoms with Gasteiger partial charge < -0.3 is 0 Å². The Morgan fingerprint density at radius 2 is 1.05 bits per heavy atom. The van der Waals surface area contributed by atoms with E-state index in [9.17, 15) is 0 Å². The van der Waals surface area contributed by atoms with Gasteiger partial charge in [0.05, 0.1) is 0 Å². The van der Waals surface area contributed by atoms with Crippen LogP contribution in [-0.4, -0.2) is 0 Å². The van der Waals surface area contributed by atoms with Gasteiger partial charge in [-0.3, -0.25) is 0 Å². The molecule has 39 heavy (non-hydrogen) atoms. The third-order valence-corrected chi connectivity index (χ3v) is 8.55. The van der Waals surface area contributed by atoms with Crippen molar-refractivity contribution in [1.29, 1.82) is 0 Å². The summed E-state index contributed by atoms with van der Waals surface area (Å²) in [4.78, 5) is 0. The van der Waals surface area contributed by atoms with Crippen LogP contribution in [-0.2, 0) is 24.7 Å². The van der Waals surface area contributed by atoms with Gasteiger partial charge in [0, 0.05) is 0 Å². The molecule has 0 N–H and O–H groups in total. The maximum Gasteiger partial charge on any atom is -0.00107 e. The topological polar surface area (TPSA) is 0 Å². The third-order valence-electron chi connectivity index (χ3n) is 8.55. The average Bonchev–Trinajstić information content (AvgIpc) is 2.89. The number of fused-ring (bicyclic) bond motifs is 2. The molecule has 0 aliphatic carbocycles. The minimum absolute atomic E-state index is 0.0952. The van der Waals surface area contributed by atoms with Gasteiger partial charge >= 0.3 is 0 Å². The van der Waals surface area contributed by atoms with Crippen LogP contribution in [0.4, 0.5) is 0 Å². The zero-order chi connectivity index (χ0) is 27.9. The fourth-order valence-electron chi connectivity index (χ4n) is 6.11. The summed E-state index contributed by atoms with van der Waals surface area (Å²) in [6.07, 6.45) is 4.18. The van der Waals surface area contributed by atoms with Gasteiger partial charge in [-0.1, -0.05) is 118 Å². The molecule has 0 saturated heterocycles. The Morgan fingerprint density at radius 1 is 0.538 bits per heavy atom. The predicted molar refractivity (Wildman–Crippen MR) is 172 cm³/mol. The van der Waals surface area contributed by atoms with Crippen molar-refractivity contribution >= 4 is 21.5 Å². The quantitative estimate of drug-likeness (QED) is 0.198. The number of rotatable bonds is 6. The minimum Gasteiger partial charge on any atom is -0.0651 e. The highest BCUT2D eigenvalue weighted by molar-refractivity contribution is 6.07. The first-order chi connectivity index (χ1) is 18.5. The fourth-order valence-corrected chi connectivity index (χ4v) is 6.11. The van der Waals surface area contributed by atoms with E-state index in [0.717, 1.165) is 25.7 Å². The lowest BCUT2D eigenvalue weighted by atomic mass is 9.81. The van der Waals surface area contributed by atoms with E-state index < -0.39 is 0 Å². The van der Waals surface area contributed by atoms with Gasteiger partial charge in [-0.15, -0.1) is 0 Å². The van der Waals surface area contributed by atoms with Crippen molar-refractivity contribution in [1.82, 2.24) is 0 Å². The van der Waals surface area contributed by atoms with Gasteiger partial charge in [-0.05, 0) is 118 Å². The molecular weight excluding hydrogens is 468 g/mol. The first-order valence-electron chi connectivity index (χ1n) is 14.7. The second-order valence-electron chi connectivity index (χ2n) is 12.8. The van der Waals surface area contributed by atoms with E-state index in [1.807, 2.05) is 0 Å². The molecule has 0 aromatic heterocycles. The molecule has 0 radical (unpaired) electrons. The number of hydrogen-bond acceptors (Lipinski definition) is 0. The van der Waals surface area contributed by atoms with E-state index in [2.05, 4.69) is 128 Å². The van der Waals surface area contributed by atoms with Crippen molar-refractivity contribution in [2.75, 3.05) is 0 Å². The molecule has 0 bridgehead atoms. The minimum atomic E-state index is 0.0952. The zero-order valence-electron chi connectivity index (χ0n) is 25.3. The monoisotopic (exact) mass is 512 g/mol. The molecule has 200 valence electrons. The van der Waals surface area contributed by atoms with Crippen LogP contribution in [0.25, 0.3) is 21.5 Å². The van der Waals surface area contributed by atoms with Crippen LogP contribution in [0.2, 0.25) is 0 Å². The summed E-state index contributed by atoms with van der Waals surface area (Å²) in [6, 6.07) is 28.4. The van der Waals surface area contributed by atoms with Gasteiger partial charge in [-0.2, -0.15) is 0 Å². The third kappa shape index (κ3) is 5.53. The summed E-state index contributed by atoms with van der Waals surface area (Å²) >= 11 is 0. The van der Waals surface area contributed by atoms with Gasteiger partial charge in [-0.25, -0.2) is 0 Å². The van der Waals surface area contributed by atoms with Crippen molar-refractivity contribution in [3.63, 3.8) is 0 Å². The Bertz CT molecular complexity index is 1670. The second-order valence-corrected chi connectivity index (χ2v) is 12.8. The molecule has 0 amide bonds. The Hall–Kier alpha value is -3.38. The SMILES string of the molecule is CCCc1ccc2c(Cc3cc(C)ccc3C)c3cc(C(C)(C)C)ccc3c(Cc3cc(C)ccc3C)c2c1. The van der Waals surface area contributed by atoms with E-state index in [-0.39, 0.29) is 5.41 Å². The summed E-state index contributed by atoms with van der Waals surface area (Å²) in [6.45, 7) is 18.2. The Morgan fingerprint density at radius 3 is 1.56 bits per heavy atom. The molecule has 0 nitrogen and oxygen atoms in total. The van der Waals surface area contributed by atoms with Crippen LogP contribution in [0, 0.1) is 27.7 Å². The Balaban J connectivity index is 1.87. The van der Waals surface area contributed by atoms with Crippen molar-refractivity contribution in [3.8, 4) is 0 Å². The van der Waals surface area contributed by atoms with Crippen LogP contribution in [0.3, 0.4) is 0 Å². The van der Waals surface area contributed by atoms with Crippen molar-refractivity contribution in [2.45, 2.75) is 86.5 Å². The van der Waals surface area contributed by atoms with Gasteiger partial charge in [0.2, 0.25) is 0 Å². The number of aryl methyl sites for hydroxylation is 5. The average molecular weight is 513 g/mol. The van der Waals surface area contributed by atoms with Crippen molar-refractivity contribution in [2.24, 2.45) is 0 Å². The lowest BCUT2D eigenvalue weighted by Gasteiger charge is -2.24. The molecule has 5 aromatic carbocycles. The molecule has 5 aromatic rings. The Kier molecular flexibility index (Phi) is 7.43. The van der Waals surface area contributed by atoms with E-state index in [0.29, 0.717) is 0 Å². The van der Waals surface area contributed by atoms with Crippen molar-refractivity contribution < 1.29 is 0 Å². The van der Waals surface area contributed by atoms with Gasteiger partial charge in [0.15, 0.2) is 0 Å². The first-order valence-corrected chi connectivity index (χ1v) is 14.7. The maximum absolute atomic E-state index is 2.50. The molecule has 0 spiro atoms. The van der Waals surface area contributed by atoms with Crippen LogP contribution in [0.1, 0.15) is 89.8 Å². The molecule has 0 aliphatic rings. The predicted octanol–water partition coefficient (Wildman–Crippen LogP) is 10.7. The van der Waals surface area contributed by atoms with E-state index >= 15 is 0 Å². The largest absolute Gasteiger partial charge is 0.0651 e. The molecule has 0 heterocycles. The standard InChI is InChI=1S/C39H44/c1-9-10-29-15-17-33-35(21-29)36(22-30-19-25(2)11-13-27(30)4)34-18-16-32(39(6,7)8)24-38(34)37(33)23-31-20-26(3)12-14-28(31)5/h11-21,24H,9-10,22-23H2,1-8H3. The highest BCUT2D eigenvalue weighted by Crippen LogP contribution is 2.39. The summed E-state index contributed by atoms with van der Waals surface area (Å²) in [7, 11) is 0. The van der Waals surface area contributed by atoms with Crippen LogP contribution in [0.5, 0.6) is 0 Å². The summed E-state index contributed by atoms with van der Waals surface area (Å²) in [5, 5.41) is 5.66. The lowest BCUT2D eigenvalue weighted by molar-refractivity contribution is 0.591. The zero-order valence-corrected chi connectivity index (χ0v) is 25.3. The van der Waals surface area contributed by atoms with E-state index in [1.54, 1.807) is 0 Å². The second kappa shape index (κ2) is 10.6. The van der Waals surface area contributed by atoms with Crippen molar-refractivity contribution in [3.05, 3.63) is 128 Å². The number of benzene rings is 5. The normalized spacial score (nSPS) is 12.0. The highest BCUT2D eigenvalue weighted by Gasteiger charge is 2.20. The van der Waals surface area contributed by atoms with Gasteiger partial charge in [0.1, 0.15) is 0 Å². The molecule has 0 atom stereocenters. The van der Waals surface area contributed by atoms with Gasteiger partial charge in [0.25, 0.3) is 0 Å². The fraction of sp³-hybridized carbons (Fsp3) is 0.333. The lowest BCUT2D eigenvalue weighted by Crippen LogP contribution is -2.11. The first kappa shape index (κ1) is 27.2. The molecule has 5 rings (SSSR count). The molecule has 0 heteroatoms. The summed E-state index contributed by atoms with van der Waals surface area (Å²) in [5.74, 6) is 0. The van der Waals surface area contributed by atoms with Crippen LogP contribution in [0.15, 0.2) is 72.8 Å². The van der Waals surface area contributed by atoms with Crippen LogP contribution >= 0.6 is 0 Å². The molecule has 0 saturated carbocycles. The van der Waals surface area contributed by atoms with Crippen LogP contribution < -0.4 is 0 Å². The molecular formula is C39H44. The molecule has 0 aliphatic heterocycles.